The van der Waals surface area contributed by atoms with Crippen LogP contribution in [0.2, 0.25) is 0 Å². The molecule has 38 heavy (non-hydrogen) atoms. The molecule has 5 aromatic carbocycles. The highest BCUT2D eigenvalue weighted by Crippen LogP contribution is 2.53. The predicted octanol–water partition coefficient (Wildman–Crippen LogP) is 9.20. The van der Waals surface area contributed by atoms with E-state index < -0.39 is 0 Å². The Labute approximate surface area is 225 Å². The van der Waals surface area contributed by atoms with Gasteiger partial charge in [-0.25, -0.2) is 0 Å². The van der Waals surface area contributed by atoms with Crippen molar-refractivity contribution < 1.29 is 4.79 Å². The standard InChI is InChI=1S/C36H35NO/c1-3-5-23-37(24-6-4-2)36(38)28-17-15-27(16-18-28)33-31-21-19-25-11-7-9-13-29(25)34(31)35-30-14-10-8-12-26(30)20-22-32(33)35/h7-22,33H,3-6,23-24H2,1-2H3. The smallest absolute Gasteiger partial charge is 0.253 e. The zero-order valence-corrected chi connectivity index (χ0v) is 22.4. The quantitative estimate of drug-likeness (QED) is 0.205. The normalized spacial score (nSPS) is 12.6. The van der Waals surface area contributed by atoms with E-state index >= 15 is 0 Å². The second kappa shape index (κ2) is 10.5. The first-order valence-corrected chi connectivity index (χ1v) is 14.1. The fraction of sp³-hybridized carbons (Fsp3) is 0.250. The van der Waals surface area contributed by atoms with Gasteiger partial charge in [-0.2, -0.15) is 0 Å². The number of nitrogens with zero attached hydrogens (tertiary/aromatic N) is 1. The molecule has 0 atom stereocenters. The summed E-state index contributed by atoms with van der Waals surface area (Å²) in [5.41, 5.74) is 7.43. The number of amides is 1. The van der Waals surface area contributed by atoms with Gasteiger partial charge < -0.3 is 4.90 Å². The number of unbranched alkanes of at least 4 members (excludes halogenated alkanes) is 2. The van der Waals surface area contributed by atoms with Gasteiger partial charge >= 0.3 is 0 Å². The van der Waals surface area contributed by atoms with E-state index in [4.69, 9.17) is 0 Å². The lowest BCUT2D eigenvalue weighted by molar-refractivity contribution is 0.0751. The van der Waals surface area contributed by atoms with Crippen molar-refractivity contribution >= 4 is 27.5 Å². The topological polar surface area (TPSA) is 20.3 Å². The predicted molar refractivity (Wildman–Crippen MR) is 160 cm³/mol. The zero-order chi connectivity index (χ0) is 26.1. The molecule has 0 radical (unpaired) electrons. The molecule has 0 saturated heterocycles. The van der Waals surface area contributed by atoms with Crippen molar-refractivity contribution in [3.05, 3.63) is 119 Å². The zero-order valence-electron chi connectivity index (χ0n) is 22.4. The molecule has 1 aliphatic carbocycles. The SMILES string of the molecule is CCCCN(CCCC)C(=O)c1ccc(C2c3ccc4ccccc4c3-c3c2ccc2ccccc32)cc1. The maximum absolute atomic E-state index is 13.4. The lowest BCUT2D eigenvalue weighted by atomic mass is 9.88. The molecule has 2 heteroatoms. The van der Waals surface area contributed by atoms with Crippen LogP contribution in [0.15, 0.2) is 97.1 Å². The van der Waals surface area contributed by atoms with Crippen molar-refractivity contribution in [1.29, 1.82) is 0 Å². The third kappa shape index (κ3) is 4.19. The molecular weight excluding hydrogens is 462 g/mol. The fourth-order valence-electron chi connectivity index (χ4n) is 6.16. The molecule has 2 nitrogen and oxygen atoms in total. The van der Waals surface area contributed by atoms with Crippen LogP contribution in [0, 0.1) is 0 Å². The molecule has 0 saturated carbocycles. The molecule has 0 aromatic heterocycles. The number of fused-ring (bicyclic) bond motifs is 7. The Hall–Kier alpha value is -3.91. The minimum atomic E-state index is 0.148. The van der Waals surface area contributed by atoms with Crippen LogP contribution in [0.25, 0.3) is 32.7 Å². The molecule has 190 valence electrons. The number of carbonyl (C=O) groups is 1. The average molecular weight is 498 g/mol. The Morgan fingerprint density at radius 2 is 1.13 bits per heavy atom. The third-order valence-corrected chi connectivity index (χ3v) is 8.14. The van der Waals surface area contributed by atoms with Crippen molar-refractivity contribution in [3.63, 3.8) is 0 Å². The van der Waals surface area contributed by atoms with Crippen LogP contribution < -0.4 is 0 Å². The van der Waals surface area contributed by atoms with Crippen LogP contribution in [0.4, 0.5) is 0 Å². The molecule has 6 rings (SSSR count). The van der Waals surface area contributed by atoms with E-state index in [9.17, 15) is 4.79 Å². The van der Waals surface area contributed by atoms with E-state index in [0.717, 1.165) is 44.3 Å². The van der Waals surface area contributed by atoms with Gasteiger partial charge in [-0.3, -0.25) is 4.79 Å². The first-order valence-electron chi connectivity index (χ1n) is 14.1. The lowest BCUT2D eigenvalue weighted by Gasteiger charge is -2.23. The number of carbonyl (C=O) groups excluding carboxylic acids is 1. The van der Waals surface area contributed by atoms with Gasteiger partial charge in [-0.1, -0.05) is 112 Å². The van der Waals surface area contributed by atoms with E-state index in [1.807, 2.05) is 17.0 Å². The van der Waals surface area contributed by atoms with Crippen molar-refractivity contribution in [1.82, 2.24) is 4.90 Å². The molecule has 0 N–H and O–H groups in total. The summed E-state index contributed by atoms with van der Waals surface area (Å²) in [5, 5.41) is 5.15. The second-order valence-corrected chi connectivity index (χ2v) is 10.6. The molecule has 0 bridgehead atoms. The van der Waals surface area contributed by atoms with Gasteiger partial charge in [-0.15, -0.1) is 0 Å². The summed E-state index contributed by atoms with van der Waals surface area (Å²) >= 11 is 0. The molecule has 0 fully saturated rings. The first-order chi connectivity index (χ1) is 18.7. The van der Waals surface area contributed by atoms with Gasteiger partial charge in [0.05, 0.1) is 0 Å². The third-order valence-electron chi connectivity index (χ3n) is 8.14. The molecule has 0 spiro atoms. The summed E-state index contributed by atoms with van der Waals surface area (Å²) in [5.74, 6) is 0.303. The van der Waals surface area contributed by atoms with Gasteiger partial charge in [0.1, 0.15) is 0 Å². The molecule has 5 aromatic rings. The van der Waals surface area contributed by atoms with Gasteiger partial charge in [0.2, 0.25) is 0 Å². The van der Waals surface area contributed by atoms with E-state index in [-0.39, 0.29) is 11.8 Å². The van der Waals surface area contributed by atoms with E-state index in [1.165, 1.54) is 49.4 Å². The highest BCUT2D eigenvalue weighted by molar-refractivity contribution is 6.10. The second-order valence-electron chi connectivity index (χ2n) is 10.6. The molecule has 0 heterocycles. The Morgan fingerprint density at radius 1 is 0.632 bits per heavy atom. The van der Waals surface area contributed by atoms with Crippen molar-refractivity contribution in [3.8, 4) is 11.1 Å². The van der Waals surface area contributed by atoms with Crippen molar-refractivity contribution in [2.75, 3.05) is 13.1 Å². The maximum atomic E-state index is 13.4. The summed E-state index contributed by atoms with van der Waals surface area (Å²) in [7, 11) is 0. The van der Waals surface area contributed by atoms with Gasteiger partial charge in [0.25, 0.3) is 5.91 Å². The number of benzene rings is 5. The summed E-state index contributed by atoms with van der Waals surface area (Å²) in [6.45, 7) is 6.03. The van der Waals surface area contributed by atoms with Gasteiger partial charge in [-0.05, 0) is 74.3 Å². The van der Waals surface area contributed by atoms with Crippen LogP contribution in [0.5, 0.6) is 0 Å². The Bertz CT molecular complexity index is 1520. The van der Waals surface area contributed by atoms with E-state index in [2.05, 4.69) is 98.8 Å². The lowest BCUT2D eigenvalue weighted by Crippen LogP contribution is -2.32. The van der Waals surface area contributed by atoms with Crippen LogP contribution >= 0.6 is 0 Å². The number of hydrogen-bond donors (Lipinski definition) is 0. The largest absolute Gasteiger partial charge is 0.339 e. The molecule has 0 unspecified atom stereocenters. The minimum Gasteiger partial charge on any atom is -0.339 e. The van der Waals surface area contributed by atoms with Gasteiger partial charge in [0, 0.05) is 24.6 Å². The Kier molecular flexibility index (Phi) is 6.72. The van der Waals surface area contributed by atoms with Crippen LogP contribution in [-0.4, -0.2) is 23.9 Å². The number of rotatable bonds is 8. The summed E-state index contributed by atoms with van der Waals surface area (Å²) < 4.78 is 0. The minimum absolute atomic E-state index is 0.148. The van der Waals surface area contributed by atoms with Crippen molar-refractivity contribution in [2.45, 2.75) is 45.4 Å². The average Bonchev–Trinajstić information content (AvgIpc) is 3.32. The van der Waals surface area contributed by atoms with E-state index in [0.29, 0.717) is 0 Å². The van der Waals surface area contributed by atoms with Gasteiger partial charge in [0.15, 0.2) is 0 Å². The number of hydrogen-bond acceptors (Lipinski definition) is 1. The van der Waals surface area contributed by atoms with Crippen molar-refractivity contribution in [2.24, 2.45) is 0 Å². The summed E-state index contributed by atoms with van der Waals surface area (Å²) in [4.78, 5) is 15.4. The Balaban J connectivity index is 1.44. The van der Waals surface area contributed by atoms with E-state index in [1.54, 1.807) is 0 Å². The summed E-state index contributed by atoms with van der Waals surface area (Å²) in [6.07, 6.45) is 4.29. The highest BCUT2D eigenvalue weighted by Gasteiger charge is 2.32. The highest BCUT2D eigenvalue weighted by atomic mass is 16.2. The molecule has 1 aliphatic rings. The first kappa shape index (κ1) is 24.4. The Morgan fingerprint density at radius 3 is 1.63 bits per heavy atom. The van der Waals surface area contributed by atoms with Crippen LogP contribution in [-0.2, 0) is 0 Å². The summed E-state index contributed by atoms with van der Waals surface area (Å²) in [6, 6.07) is 35.0. The van der Waals surface area contributed by atoms with Crippen LogP contribution in [0.3, 0.4) is 0 Å². The fourth-order valence-corrected chi connectivity index (χ4v) is 6.16. The molecule has 1 amide bonds. The van der Waals surface area contributed by atoms with Crippen LogP contribution in [0.1, 0.15) is 72.5 Å². The molecular formula is C36H35NO. The molecule has 0 aliphatic heterocycles. The maximum Gasteiger partial charge on any atom is 0.253 e. The monoisotopic (exact) mass is 497 g/mol.